The Labute approximate surface area is 126 Å². The van der Waals surface area contributed by atoms with E-state index in [0.717, 1.165) is 37.4 Å². The van der Waals surface area contributed by atoms with Gasteiger partial charge in [0.15, 0.2) is 0 Å². The van der Waals surface area contributed by atoms with E-state index in [2.05, 4.69) is 11.8 Å². The Morgan fingerprint density at radius 2 is 2.10 bits per heavy atom. The lowest BCUT2D eigenvalue weighted by molar-refractivity contribution is -0.0388. The van der Waals surface area contributed by atoms with E-state index in [1.165, 1.54) is 0 Å². The third-order valence-electron chi connectivity index (χ3n) is 3.18. The van der Waals surface area contributed by atoms with Crippen molar-refractivity contribution in [3.05, 3.63) is 29.8 Å². The molecular formula is C17H22O4. The topological polar surface area (TPSA) is 47.9 Å². The molecule has 0 bridgehead atoms. The minimum Gasteiger partial charge on any atom is -0.491 e. The van der Waals surface area contributed by atoms with E-state index in [9.17, 15) is 0 Å². The highest BCUT2D eigenvalue weighted by Crippen LogP contribution is 2.13. The van der Waals surface area contributed by atoms with E-state index in [4.69, 9.17) is 19.3 Å². The summed E-state index contributed by atoms with van der Waals surface area (Å²) < 4.78 is 16.7. The molecule has 1 fully saturated rings. The summed E-state index contributed by atoms with van der Waals surface area (Å²) in [4.78, 5) is 0. The zero-order chi connectivity index (χ0) is 14.8. The fourth-order valence-electron chi connectivity index (χ4n) is 2.10. The lowest BCUT2D eigenvalue weighted by atomic mass is 10.2. The second kappa shape index (κ2) is 9.41. The molecule has 2 rings (SSSR count). The van der Waals surface area contributed by atoms with Crippen LogP contribution in [0.15, 0.2) is 24.3 Å². The number of benzene rings is 1. The molecule has 1 aromatic carbocycles. The molecule has 0 radical (unpaired) electrons. The van der Waals surface area contributed by atoms with Crippen molar-refractivity contribution >= 4 is 0 Å². The summed E-state index contributed by atoms with van der Waals surface area (Å²) in [5.74, 6) is 6.68. The number of rotatable bonds is 6. The fourth-order valence-corrected chi connectivity index (χ4v) is 2.10. The second-order valence-electron chi connectivity index (χ2n) is 4.83. The Bertz CT molecular complexity index is 469. The van der Waals surface area contributed by atoms with Gasteiger partial charge in [-0.25, -0.2) is 0 Å². The van der Waals surface area contributed by atoms with Crippen molar-refractivity contribution < 1.29 is 19.3 Å². The molecule has 4 nitrogen and oxygen atoms in total. The maximum atomic E-state index is 8.70. The standard InChI is InChI=1S/C17H22O4/c18-9-2-1-4-15-5-3-6-17(14-15)21-13-12-20-16-7-10-19-11-8-16/h3,5-6,14,16,18H,2,7-13H2. The summed E-state index contributed by atoms with van der Waals surface area (Å²) in [5.41, 5.74) is 0.895. The first-order valence-corrected chi connectivity index (χ1v) is 7.40. The normalized spacial score (nSPS) is 15.3. The third kappa shape index (κ3) is 6.17. The van der Waals surface area contributed by atoms with Crippen molar-refractivity contribution in [2.75, 3.05) is 33.0 Å². The van der Waals surface area contributed by atoms with Crippen LogP contribution in [0.3, 0.4) is 0 Å². The number of hydrogen-bond donors (Lipinski definition) is 1. The van der Waals surface area contributed by atoms with E-state index >= 15 is 0 Å². The van der Waals surface area contributed by atoms with E-state index in [-0.39, 0.29) is 6.61 Å². The van der Waals surface area contributed by atoms with Crippen molar-refractivity contribution in [3.8, 4) is 17.6 Å². The van der Waals surface area contributed by atoms with Gasteiger partial charge in [-0.1, -0.05) is 17.9 Å². The predicted molar refractivity (Wildman–Crippen MR) is 80.3 cm³/mol. The lowest BCUT2D eigenvalue weighted by Gasteiger charge is -2.22. The van der Waals surface area contributed by atoms with Gasteiger partial charge in [-0.15, -0.1) is 0 Å². The minimum absolute atomic E-state index is 0.0900. The van der Waals surface area contributed by atoms with Crippen LogP contribution < -0.4 is 4.74 Å². The Kier molecular flexibility index (Phi) is 7.10. The molecule has 0 aromatic heterocycles. The summed E-state index contributed by atoms with van der Waals surface area (Å²) in [6.07, 6.45) is 2.73. The highest BCUT2D eigenvalue weighted by atomic mass is 16.5. The van der Waals surface area contributed by atoms with Gasteiger partial charge >= 0.3 is 0 Å². The van der Waals surface area contributed by atoms with Crippen LogP contribution in [-0.2, 0) is 9.47 Å². The van der Waals surface area contributed by atoms with Crippen molar-refractivity contribution in [2.24, 2.45) is 0 Å². The second-order valence-corrected chi connectivity index (χ2v) is 4.83. The first-order valence-electron chi connectivity index (χ1n) is 7.40. The van der Waals surface area contributed by atoms with Gasteiger partial charge < -0.3 is 19.3 Å². The Morgan fingerprint density at radius 1 is 1.24 bits per heavy atom. The molecule has 1 saturated heterocycles. The van der Waals surface area contributed by atoms with Crippen LogP contribution in [-0.4, -0.2) is 44.2 Å². The van der Waals surface area contributed by atoms with E-state index in [1.54, 1.807) is 0 Å². The zero-order valence-corrected chi connectivity index (χ0v) is 12.2. The molecule has 0 amide bonds. The molecule has 4 heteroatoms. The number of aliphatic hydroxyl groups is 1. The number of aliphatic hydroxyl groups excluding tert-OH is 1. The Balaban J connectivity index is 1.70. The molecule has 1 aliphatic heterocycles. The number of hydrogen-bond acceptors (Lipinski definition) is 4. The monoisotopic (exact) mass is 290 g/mol. The van der Waals surface area contributed by atoms with Gasteiger partial charge in [0.2, 0.25) is 0 Å². The summed E-state index contributed by atoms with van der Waals surface area (Å²) in [6, 6.07) is 7.65. The molecule has 1 heterocycles. The molecule has 0 aliphatic carbocycles. The van der Waals surface area contributed by atoms with Gasteiger partial charge in [0.05, 0.1) is 19.3 Å². The van der Waals surface area contributed by atoms with E-state index < -0.39 is 0 Å². The van der Waals surface area contributed by atoms with Crippen LogP contribution in [0.5, 0.6) is 5.75 Å². The summed E-state index contributed by atoms with van der Waals surface area (Å²) >= 11 is 0. The van der Waals surface area contributed by atoms with E-state index in [0.29, 0.717) is 25.7 Å². The minimum atomic E-state index is 0.0900. The van der Waals surface area contributed by atoms with Crippen LogP contribution in [0.2, 0.25) is 0 Å². The van der Waals surface area contributed by atoms with Gasteiger partial charge in [0.25, 0.3) is 0 Å². The summed E-state index contributed by atoms with van der Waals surface area (Å²) in [7, 11) is 0. The fraction of sp³-hybridized carbons (Fsp3) is 0.529. The molecular weight excluding hydrogens is 268 g/mol. The van der Waals surface area contributed by atoms with E-state index in [1.807, 2.05) is 24.3 Å². The van der Waals surface area contributed by atoms with Crippen molar-refractivity contribution in [1.29, 1.82) is 0 Å². The van der Waals surface area contributed by atoms with Crippen LogP contribution in [0.1, 0.15) is 24.8 Å². The molecule has 114 valence electrons. The highest BCUT2D eigenvalue weighted by Gasteiger charge is 2.13. The zero-order valence-electron chi connectivity index (χ0n) is 12.2. The average molecular weight is 290 g/mol. The largest absolute Gasteiger partial charge is 0.491 e. The molecule has 21 heavy (non-hydrogen) atoms. The summed E-state index contributed by atoms with van der Waals surface area (Å²) in [6.45, 7) is 2.79. The molecule has 1 aromatic rings. The Hall–Kier alpha value is -1.54. The smallest absolute Gasteiger partial charge is 0.120 e. The molecule has 0 saturated carbocycles. The molecule has 0 spiro atoms. The lowest BCUT2D eigenvalue weighted by Crippen LogP contribution is -2.25. The van der Waals surface area contributed by atoms with Crippen LogP contribution >= 0.6 is 0 Å². The molecule has 0 unspecified atom stereocenters. The maximum absolute atomic E-state index is 8.70. The third-order valence-corrected chi connectivity index (χ3v) is 3.18. The molecule has 1 aliphatic rings. The van der Waals surface area contributed by atoms with Crippen LogP contribution in [0.4, 0.5) is 0 Å². The van der Waals surface area contributed by atoms with Gasteiger partial charge in [0.1, 0.15) is 12.4 Å². The summed E-state index contributed by atoms with van der Waals surface area (Å²) in [5, 5.41) is 8.70. The maximum Gasteiger partial charge on any atom is 0.120 e. The first-order chi connectivity index (χ1) is 10.4. The molecule has 0 atom stereocenters. The highest BCUT2D eigenvalue weighted by molar-refractivity contribution is 5.39. The molecule has 1 N–H and O–H groups in total. The number of ether oxygens (including phenoxy) is 3. The first kappa shape index (κ1) is 15.8. The van der Waals surface area contributed by atoms with Crippen LogP contribution in [0.25, 0.3) is 0 Å². The van der Waals surface area contributed by atoms with Gasteiger partial charge in [0, 0.05) is 25.2 Å². The van der Waals surface area contributed by atoms with Gasteiger partial charge in [-0.2, -0.15) is 0 Å². The van der Waals surface area contributed by atoms with Gasteiger partial charge in [-0.3, -0.25) is 0 Å². The van der Waals surface area contributed by atoms with Crippen LogP contribution in [0, 0.1) is 11.8 Å². The van der Waals surface area contributed by atoms with Crippen molar-refractivity contribution in [1.82, 2.24) is 0 Å². The Morgan fingerprint density at radius 3 is 2.90 bits per heavy atom. The predicted octanol–water partition coefficient (Wildman–Crippen LogP) is 1.99. The quantitative estimate of drug-likeness (QED) is 0.643. The SMILES string of the molecule is OCCC#Cc1cccc(OCCOC2CCOCC2)c1. The van der Waals surface area contributed by atoms with Crippen molar-refractivity contribution in [3.63, 3.8) is 0 Å². The average Bonchev–Trinajstić information content (AvgIpc) is 2.53. The van der Waals surface area contributed by atoms with Crippen molar-refractivity contribution in [2.45, 2.75) is 25.4 Å². The van der Waals surface area contributed by atoms with Gasteiger partial charge in [-0.05, 0) is 31.0 Å².